The predicted molar refractivity (Wildman–Crippen MR) is 58.5 cm³/mol. The fourth-order valence-corrected chi connectivity index (χ4v) is 1.99. The van der Waals surface area contributed by atoms with Gasteiger partial charge in [-0.2, -0.15) is 0 Å². The summed E-state index contributed by atoms with van der Waals surface area (Å²) in [6.45, 7) is 2.02. The van der Waals surface area contributed by atoms with Crippen LogP contribution in [-0.4, -0.2) is 56.9 Å². The number of hydrogen-bond acceptors (Lipinski definition) is 5. The zero-order valence-electron chi connectivity index (χ0n) is 9.82. The summed E-state index contributed by atoms with van der Waals surface area (Å²) in [5, 5.41) is 37.5. The zero-order valence-corrected chi connectivity index (χ0v) is 9.82. The van der Waals surface area contributed by atoms with Crippen molar-refractivity contribution in [2.45, 2.75) is 63.1 Å². The topological polar surface area (TPSA) is 107 Å². The van der Waals surface area contributed by atoms with E-state index in [0.717, 1.165) is 19.3 Å². The SMILES string of the molecule is CCCCC[C@@H]1O[C@H](C(=O)O)[C@@H](O)[C@H](O)[C@H]1O. The van der Waals surface area contributed by atoms with Crippen LogP contribution < -0.4 is 0 Å². The first-order chi connectivity index (χ1) is 7.99. The highest BCUT2D eigenvalue weighted by Gasteiger charge is 2.46. The first kappa shape index (κ1) is 14.4. The van der Waals surface area contributed by atoms with Crippen molar-refractivity contribution in [2.24, 2.45) is 0 Å². The minimum Gasteiger partial charge on any atom is -0.479 e. The van der Waals surface area contributed by atoms with E-state index in [4.69, 9.17) is 9.84 Å². The van der Waals surface area contributed by atoms with E-state index in [-0.39, 0.29) is 0 Å². The third-order valence-corrected chi connectivity index (χ3v) is 3.05. The first-order valence-corrected chi connectivity index (χ1v) is 5.91. The molecule has 1 saturated heterocycles. The molecule has 0 saturated carbocycles. The Labute approximate surface area is 99.8 Å². The van der Waals surface area contributed by atoms with Crippen molar-refractivity contribution in [1.29, 1.82) is 0 Å². The van der Waals surface area contributed by atoms with Gasteiger partial charge in [0.15, 0.2) is 6.10 Å². The molecule has 1 heterocycles. The summed E-state index contributed by atoms with van der Waals surface area (Å²) in [6.07, 6.45) is -3.31. The van der Waals surface area contributed by atoms with Crippen LogP contribution in [0.4, 0.5) is 0 Å². The summed E-state index contributed by atoms with van der Waals surface area (Å²) in [6, 6.07) is 0. The molecule has 0 bridgehead atoms. The molecule has 0 unspecified atom stereocenters. The van der Waals surface area contributed by atoms with E-state index in [0.29, 0.717) is 6.42 Å². The maximum Gasteiger partial charge on any atom is 0.335 e. The monoisotopic (exact) mass is 248 g/mol. The molecule has 5 atom stereocenters. The van der Waals surface area contributed by atoms with Crippen LogP contribution in [0.5, 0.6) is 0 Å². The van der Waals surface area contributed by atoms with E-state index < -0.39 is 36.5 Å². The Morgan fingerprint density at radius 3 is 2.29 bits per heavy atom. The Bertz CT molecular complexity index is 256. The van der Waals surface area contributed by atoms with Gasteiger partial charge < -0.3 is 25.2 Å². The molecule has 1 aliphatic rings. The molecule has 0 aromatic carbocycles. The Kier molecular flexibility index (Phi) is 5.32. The first-order valence-electron chi connectivity index (χ1n) is 5.91. The lowest BCUT2D eigenvalue weighted by Gasteiger charge is -2.39. The molecule has 0 aliphatic carbocycles. The summed E-state index contributed by atoms with van der Waals surface area (Å²) in [4.78, 5) is 10.8. The second-order valence-corrected chi connectivity index (χ2v) is 4.40. The molecular weight excluding hydrogens is 228 g/mol. The summed E-state index contributed by atoms with van der Waals surface area (Å²) < 4.78 is 5.13. The summed E-state index contributed by atoms with van der Waals surface area (Å²) in [7, 11) is 0. The minimum atomic E-state index is -1.59. The Morgan fingerprint density at radius 2 is 1.76 bits per heavy atom. The van der Waals surface area contributed by atoms with Gasteiger partial charge in [-0.3, -0.25) is 0 Å². The number of carboxylic acid groups (broad SMARTS) is 1. The van der Waals surface area contributed by atoms with Crippen LogP contribution in [0.2, 0.25) is 0 Å². The van der Waals surface area contributed by atoms with Gasteiger partial charge in [-0.25, -0.2) is 4.79 Å². The quantitative estimate of drug-likeness (QED) is 0.489. The van der Waals surface area contributed by atoms with E-state index in [2.05, 4.69) is 0 Å². The molecule has 1 aliphatic heterocycles. The van der Waals surface area contributed by atoms with Crippen LogP contribution in [0.25, 0.3) is 0 Å². The highest BCUT2D eigenvalue weighted by molar-refractivity contribution is 5.73. The maximum atomic E-state index is 10.8. The van der Waals surface area contributed by atoms with Crippen LogP contribution in [-0.2, 0) is 9.53 Å². The van der Waals surface area contributed by atoms with Crippen molar-refractivity contribution in [1.82, 2.24) is 0 Å². The smallest absolute Gasteiger partial charge is 0.335 e. The molecule has 1 rings (SSSR count). The van der Waals surface area contributed by atoms with E-state index in [1.54, 1.807) is 0 Å². The lowest BCUT2D eigenvalue weighted by Crippen LogP contribution is -2.59. The third-order valence-electron chi connectivity index (χ3n) is 3.05. The van der Waals surface area contributed by atoms with Crippen molar-refractivity contribution >= 4 is 5.97 Å². The second kappa shape index (κ2) is 6.30. The normalized spacial score (nSPS) is 38.0. The van der Waals surface area contributed by atoms with Crippen LogP contribution in [0.1, 0.15) is 32.6 Å². The molecule has 0 amide bonds. The lowest BCUT2D eigenvalue weighted by molar-refractivity contribution is -0.228. The number of carbonyl (C=O) groups is 1. The molecule has 0 radical (unpaired) electrons. The molecule has 100 valence electrons. The van der Waals surface area contributed by atoms with Gasteiger partial charge in [0.2, 0.25) is 0 Å². The van der Waals surface area contributed by atoms with E-state index in [1.807, 2.05) is 6.92 Å². The van der Waals surface area contributed by atoms with Gasteiger partial charge in [0, 0.05) is 0 Å². The van der Waals surface area contributed by atoms with Gasteiger partial charge >= 0.3 is 5.97 Å². The van der Waals surface area contributed by atoms with Crippen molar-refractivity contribution in [2.75, 3.05) is 0 Å². The van der Waals surface area contributed by atoms with Crippen LogP contribution in [0.15, 0.2) is 0 Å². The standard InChI is InChI=1S/C11H20O6/c1-2-3-4-5-6-7(12)8(13)9(14)10(17-6)11(15)16/h6-10,12-14H,2-5H2,1H3,(H,15,16)/t6-,7-,8+,9-,10-/m0/s1. The predicted octanol–water partition coefficient (Wildman–Crippen LogP) is -0.499. The largest absolute Gasteiger partial charge is 0.479 e. The number of ether oxygens (including phenoxy) is 1. The number of carboxylic acids is 1. The molecule has 0 aromatic rings. The van der Waals surface area contributed by atoms with Crippen molar-refractivity contribution in [3.63, 3.8) is 0 Å². The molecule has 6 nitrogen and oxygen atoms in total. The third kappa shape index (κ3) is 3.38. The van der Waals surface area contributed by atoms with Gasteiger partial charge in [0.1, 0.15) is 18.3 Å². The molecular formula is C11H20O6. The van der Waals surface area contributed by atoms with Gasteiger partial charge in [0.05, 0.1) is 6.10 Å². The average molecular weight is 248 g/mol. The maximum absolute atomic E-state index is 10.8. The van der Waals surface area contributed by atoms with Crippen LogP contribution >= 0.6 is 0 Å². The number of aliphatic hydroxyl groups excluding tert-OH is 3. The lowest BCUT2D eigenvalue weighted by atomic mass is 9.92. The van der Waals surface area contributed by atoms with Gasteiger partial charge in [-0.1, -0.05) is 26.2 Å². The van der Waals surface area contributed by atoms with E-state index in [9.17, 15) is 20.1 Å². The fourth-order valence-electron chi connectivity index (χ4n) is 1.99. The summed E-state index contributed by atoms with van der Waals surface area (Å²) >= 11 is 0. The highest BCUT2D eigenvalue weighted by atomic mass is 16.6. The second-order valence-electron chi connectivity index (χ2n) is 4.40. The molecule has 6 heteroatoms. The van der Waals surface area contributed by atoms with E-state index >= 15 is 0 Å². The highest BCUT2D eigenvalue weighted by Crippen LogP contribution is 2.24. The zero-order chi connectivity index (χ0) is 13.0. The number of unbranched alkanes of at least 4 members (excludes halogenated alkanes) is 2. The number of aliphatic carboxylic acids is 1. The van der Waals surface area contributed by atoms with Gasteiger partial charge in [-0.15, -0.1) is 0 Å². The van der Waals surface area contributed by atoms with Crippen molar-refractivity contribution < 1.29 is 30.0 Å². The molecule has 0 spiro atoms. The fraction of sp³-hybridized carbons (Fsp3) is 0.909. The van der Waals surface area contributed by atoms with Crippen LogP contribution in [0, 0.1) is 0 Å². The number of aliphatic hydroxyl groups is 3. The Balaban J connectivity index is 2.61. The molecule has 0 aromatic heterocycles. The number of hydrogen-bond donors (Lipinski definition) is 4. The van der Waals surface area contributed by atoms with Gasteiger partial charge in [-0.05, 0) is 6.42 Å². The average Bonchev–Trinajstić information content (AvgIpc) is 2.29. The Hall–Kier alpha value is -0.690. The summed E-state index contributed by atoms with van der Waals surface area (Å²) in [5.74, 6) is -1.33. The van der Waals surface area contributed by atoms with Gasteiger partial charge in [0.25, 0.3) is 0 Å². The number of rotatable bonds is 5. The van der Waals surface area contributed by atoms with Crippen LogP contribution in [0.3, 0.4) is 0 Å². The van der Waals surface area contributed by atoms with Crippen molar-refractivity contribution in [3.05, 3.63) is 0 Å². The van der Waals surface area contributed by atoms with E-state index in [1.165, 1.54) is 0 Å². The molecule has 17 heavy (non-hydrogen) atoms. The van der Waals surface area contributed by atoms with Crippen molar-refractivity contribution in [3.8, 4) is 0 Å². The summed E-state index contributed by atoms with van der Waals surface area (Å²) in [5.41, 5.74) is 0. The minimum absolute atomic E-state index is 0.475. The molecule has 1 fully saturated rings. The Morgan fingerprint density at radius 1 is 1.12 bits per heavy atom. The molecule has 4 N–H and O–H groups in total.